The molecule has 298 valence electrons. The maximum absolute atomic E-state index is 5.60. The summed E-state index contributed by atoms with van der Waals surface area (Å²) in [5, 5.41) is 11.4. The molecule has 14 rings (SSSR count). The van der Waals surface area contributed by atoms with Crippen LogP contribution in [0, 0.1) is 5.92 Å². The van der Waals surface area contributed by atoms with Crippen molar-refractivity contribution in [1.82, 2.24) is 4.98 Å². The van der Waals surface area contributed by atoms with Crippen LogP contribution >= 0.6 is 11.8 Å². The summed E-state index contributed by atoms with van der Waals surface area (Å²) in [5.74, 6) is 0.353. The van der Waals surface area contributed by atoms with Crippen LogP contribution in [0.5, 0.6) is 0 Å². The lowest BCUT2D eigenvalue weighted by atomic mass is 9.62. The zero-order chi connectivity index (χ0) is 41.9. The average molecular weight is 830 g/mol. The van der Waals surface area contributed by atoms with E-state index in [-0.39, 0.29) is 17.3 Å². The monoisotopic (exact) mass is 829 g/mol. The normalized spacial score (nSPS) is 16.4. The van der Waals surface area contributed by atoms with E-state index in [9.17, 15) is 0 Å². The molecule has 11 aromatic rings. The van der Waals surface area contributed by atoms with E-state index in [0.717, 1.165) is 22.3 Å². The van der Waals surface area contributed by atoms with Crippen LogP contribution in [0.1, 0.15) is 28.2 Å². The SMILES string of the molecule is C1=c2c(-c3ccccc3)nc3cc(-c4cccc(-c5ccc6c7ccccc7c7ccccc7c6c5)c4)ccc3c2=CC2C1c1ccccc1C21c2ccccc2Sc2ccccc21. The van der Waals surface area contributed by atoms with E-state index in [0.29, 0.717) is 0 Å². The Hall–Kier alpha value is -7.52. The molecular formula is C62H39NS. The summed E-state index contributed by atoms with van der Waals surface area (Å²) < 4.78 is 0. The van der Waals surface area contributed by atoms with Gasteiger partial charge in [0.05, 0.1) is 16.6 Å². The number of pyridine rings is 1. The lowest BCUT2D eigenvalue weighted by Gasteiger charge is -2.43. The second-order valence-corrected chi connectivity index (χ2v) is 18.8. The summed E-state index contributed by atoms with van der Waals surface area (Å²) in [7, 11) is 0. The van der Waals surface area contributed by atoms with Crippen molar-refractivity contribution in [2.45, 2.75) is 21.1 Å². The van der Waals surface area contributed by atoms with Crippen molar-refractivity contribution in [3.8, 4) is 33.5 Å². The molecule has 0 N–H and O–H groups in total. The van der Waals surface area contributed by atoms with Crippen molar-refractivity contribution >= 4 is 67.1 Å². The number of hydrogen-bond donors (Lipinski definition) is 0. The number of hydrogen-bond acceptors (Lipinski definition) is 2. The summed E-state index contributed by atoms with van der Waals surface area (Å²) in [6, 6.07) is 79.0. The van der Waals surface area contributed by atoms with Crippen molar-refractivity contribution in [3.05, 3.63) is 245 Å². The third-order valence-electron chi connectivity index (χ3n) is 14.6. The van der Waals surface area contributed by atoms with Gasteiger partial charge in [-0.25, -0.2) is 4.98 Å². The van der Waals surface area contributed by atoms with Crippen molar-refractivity contribution in [3.63, 3.8) is 0 Å². The molecule has 0 saturated carbocycles. The van der Waals surface area contributed by atoms with E-state index in [4.69, 9.17) is 4.98 Å². The van der Waals surface area contributed by atoms with Crippen molar-refractivity contribution in [1.29, 1.82) is 0 Å². The van der Waals surface area contributed by atoms with E-state index < -0.39 is 0 Å². The first-order valence-electron chi connectivity index (χ1n) is 22.4. The van der Waals surface area contributed by atoms with Gasteiger partial charge in [0, 0.05) is 37.8 Å². The zero-order valence-corrected chi connectivity index (χ0v) is 35.7. The quantitative estimate of drug-likeness (QED) is 0.165. The fourth-order valence-corrected chi connectivity index (χ4v) is 13.1. The minimum Gasteiger partial charge on any atom is -0.247 e. The van der Waals surface area contributed by atoms with Gasteiger partial charge in [-0.2, -0.15) is 0 Å². The number of nitrogens with zero attached hydrogens (tertiary/aromatic N) is 1. The molecule has 1 spiro atoms. The predicted molar refractivity (Wildman–Crippen MR) is 268 cm³/mol. The lowest BCUT2D eigenvalue weighted by molar-refractivity contribution is 0.473. The number of fused-ring (bicyclic) bond motifs is 18. The maximum Gasteiger partial charge on any atom is 0.0784 e. The van der Waals surface area contributed by atoms with E-state index in [1.165, 1.54) is 96.9 Å². The molecule has 1 nitrogen and oxygen atoms in total. The van der Waals surface area contributed by atoms with Gasteiger partial charge >= 0.3 is 0 Å². The largest absolute Gasteiger partial charge is 0.247 e. The Labute approximate surface area is 375 Å². The summed E-state index contributed by atoms with van der Waals surface area (Å²) in [6.45, 7) is 0. The Morgan fingerprint density at radius 2 is 0.875 bits per heavy atom. The van der Waals surface area contributed by atoms with E-state index in [1.807, 2.05) is 11.8 Å². The Bertz CT molecular complexity index is 3820. The topological polar surface area (TPSA) is 12.9 Å². The molecule has 1 aromatic heterocycles. The zero-order valence-electron chi connectivity index (χ0n) is 34.9. The molecule has 2 atom stereocenters. The highest BCUT2D eigenvalue weighted by Crippen LogP contribution is 2.64. The van der Waals surface area contributed by atoms with Gasteiger partial charge in [0.1, 0.15) is 0 Å². The van der Waals surface area contributed by atoms with Crippen molar-refractivity contribution in [2.75, 3.05) is 0 Å². The Kier molecular flexibility index (Phi) is 7.73. The third-order valence-corrected chi connectivity index (χ3v) is 15.7. The minimum absolute atomic E-state index is 0.170. The summed E-state index contributed by atoms with van der Waals surface area (Å²) in [5.41, 5.74) is 13.2. The summed E-state index contributed by atoms with van der Waals surface area (Å²) in [6.07, 6.45) is 5.22. The van der Waals surface area contributed by atoms with Gasteiger partial charge in [0.2, 0.25) is 0 Å². The van der Waals surface area contributed by atoms with Gasteiger partial charge in [-0.05, 0) is 112 Å². The number of rotatable bonds is 3. The first-order chi connectivity index (χ1) is 31.7. The first-order valence-corrected chi connectivity index (χ1v) is 23.2. The third kappa shape index (κ3) is 5.06. The molecule has 3 aliphatic rings. The Balaban J connectivity index is 0.968. The fourth-order valence-electron chi connectivity index (χ4n) is 11.9. The lowest BCUT2D eigenvalue weighted by Crippen LogP contribution is -2.42. The molecule has 0 fully saturated rings. The second-order valence-electron chi connectivity index (χ2n) is 17.7. The highest BCUT2D eigenvalue weighted by molar-refractivity contribution is 7.99. The van der Waals surface area contributed by atoms with E-state index in [2.05, 4.69) is 224 Å². The Morgan fingerprint density at radius 1 is 0.359 bits per heavy atom. The molecule has 10 aromatic carbocycles. The molecule has 1 aliphatic heterocycles. The fraction of sp³-hybridized carbons (Fsp3) is 0.0484. The molecule has 2 aliphatic carbocycles. The predicted octanol–water partition coefficient (Wildman–Crippen LogP) is 14.5. The molecule has 0 radical (unpaired) electrons. The summed E-state index contributed by atoms with van der Waals surface area (Å²) in [4.78, 5) is 8.30. The van der Waals surface area contributed by atoms with Gasteiger partial charge in [-0.1, -0.05) is 206 Å². The van der Waals surface area contributed by atoms with Crippen LogP contribution in [0.2, 0.25) is 0 Å². The van der Waals surface area contributed by atoms with Crippen LogP contribution < -0.4 is 10.4 Å². The molecule has 2 heterocycles. The van der Waals surface area contributed by atoms with Gasteiger partial charge in [0.15, 0.2) is 0 Å². The van der Waals surface area contributed by atoms with Crippen LogP contribution in [-0.4, -0.2) is 4.98 Å². The van der Waals surface area contributed by atoms with Crippen LogP contribution in [-0.2, 0) is 5.41 Å². The molecule has 2 unspecified atom stereocenters. The van der Waals surface area contributed by atoms with Crippen LogP contribution in [0.4, 0.5) is 0 Å². The second kappa shape index (κ2) is 13.7. The smallest absolute Gasteiger partial charge is 0.0784 e. The van der Waals surface area contributed by atoms with Gasteiger partial charge in [-0.3, -0.25) is 0 Å². The summed E-state index contributed by atoms with van der Waals surface area (Å²) >= 11 is 1.91. The van der Waals surface area contributed by atoms with Crippen LogP contribution in [0.25, 0.3) is 88.9 Å². The molecule has 0 amide bonds. The molecular weight excluding hydrogens is 791 g/mol. The van der Waals surface area contributed by atoms with Crippen LogP contribution in [0.15, 0.2) is 222 Å². The highest BCUT2D eigenvalue weighted by atomic mass is 32.2. The van der Waals surface area contributed by atoms with E-state index in [1.54, 1.807) is 0 Å². The molecule has 0 bridgehead atoms. The van der Waals surface area contributed by atoms with Gasteiger partial charge in [-0.15, -0.1) is 0 Å². The van der Waals surface area contributed by atoms with E-state index >= 15 is 0 Å². The number of aromatic nitrogens is 1. The van der Waals surface area contributed by atoms with Crippen LogP contribution in [0.3, 0.4) is 0 Å². The maximum atomic E-state index is 5.60. The Morgan fingerprint density at radius 3 is 1.56 bits per heavy atom. The van der Waals surface area contributed by atoms with Crippen molar-refractivity contribution < 1.29 is 0 Å². The average Bonchev–Trinajstić information content (AvgIpc) is 3.65. The van der Waals surface area contributed by atoms with Gasteiger partial charge in [0.25, 0.3) is 0 Å². The van der Waals surface area contributed by atoms with Gasteiger partial charge < -0.3 is 0 Å². The standard InChI is InChI=1S/C62H39NS/c1-2-15-38(16-3-1)61-53-36-52-48-23-8-9-24-54(48)62(55-25-10-12-27-59(55)64-60-28-13-11-26-56(60)62)57(52)37-51(53)49-32-30-42(35-58(49)63-61)40-18-14-17-39(33-40)41-29-31-47-45-21-5-4-19-43(45)44-20-6-7-22-46(44)50(47)34-41/h1-37,52,57H. The molecule has 0 saturated heterocycles. The first kappa shape index (κ1) is 36.0. The number of benzene rings is 10. The van der Waals surface area contributed by atoms with Crippen molar-refractivity contribution in [2.24, 2.45) is 5.92 Å². The molecule has 2 heteroatoms. The minimum atomic E-state index is -0.334. The molecule has 64 heavy (non-hydrogen) atoms. The highest BCUT2D eigenvalue weighted by Gasteiger charge is 2.56.